The predicted molar refractivity (Wildman–Crippen MR) is 100 cm³/mol. The van der Waals surface area contributed by atoms with E-state index in [0.29, 0.717) is 23.5 Å². The molecule has 1 aromatic heterocycles. The van der Waals surface area contributed by atoms with Crippen molar-refractivity contribution in [3.05, 3.63) is 51.7 Å². The second-order valence-corrected chi connectivity index (χ2v) is 8.43. The van der Waals surface area contributed by atoms with Crippen LogP contribution in [0.25, 0.3) is 0 Å². The van der Waals surface area contributed by atoms with E-state index in [9.17, 15) is 18.0 Å². The number of esters is 1. The average Bonchev–Trinajstić information content (AvgIpc) is 3.15. The van der Waals surface area contributed by atoms with Crippen LogP contribution >= 0.6 is 11.3 Å². The number of ketones is 1. The summed E-state index contributed by atoms with van der Waals surface area (Å²) in [5.41, 5.74) is 0.717. The molecule has 2 aromatic rings. The third-order valence-corrected chi connectivity index (χ3v) is 6.86. The van der Waals surface area contributed by atoms with Gasteiger partial charge >= 0.3 is 5.97 Å². The largest absolute Gasteiger partial charge is 0.454 e. The molecule has 26 heavy (non-hydrogen) atoms. The van der Waals surface area contributed by atoms with Crippen molar-refractivity contribution in [2.75, 3.05) is 19.7 Å². The summed E-state index contributed by atoms with van der Waals surface area (Å²) in [5.74, 6) is -1.01. The second-order valence-electron chi connectivity index (χ2n) is 5.54. The molecule has 0 saturated carbocycles. The molecular formula is C18H21NO5S2. The Morgan fingerprint density at radius 2 is 1.85 bits per heavy atom. The zero-order valence-corrected chi connectivity index (χ0v) is 16.5. The van der Waals surface area contributed by atoms with Crippen molar-refractivity contribution in [2.24, 2.45) is 0 Å². The third kappa shape index (κ3) is 4.38. The van der Waals surface area contributed by atoms with E-state index >= 15 is 0 Å². The van der Waals surface area contributed by atoms with Crippen LogP contribution in [0.4, 0.5) is 0 Å². The molecule has 0 radical (unpaired) electrons. The number of benzene rings is 1. The van der Waals surface area contributed by atoms with Gasteiger partial charge in [-0.25, -0.2) is 13.2 Å². The van der Waals surface area contributed by atoms with E-state index in [1.54, 1.807) is 44.4 Å². The Hall–Kier alpha value is -2.03. The zero-order valence-electron chi connectivity index (χ0n) is 14.9. The molecule has 140 valence electrons. The number of carbonyl (C=O) groups is 2. The van der Waals surface area contributed by atoms with E-state index in [4.69, 9.17) is 4.74 Å². The highest BCUT2D eigenvalue weighted by atomic mass is 32.2. The molecule has 0 aliphatic carbocycles. The van der Waals surface area contributed by atoms with Gasteiger partial charge in [-0.3, -0.25) is 4.79 Å². The first-order valence-electron chi connectivity index (χ1n) is 8.15. The fourth-order valence-electron chi connectivity index (χ4n) is 2.41. The van der Waals surface area contributed by atoms with Crippen molar-refractivity contribution in [1.82, 2.24) is 4.31 Å². The van der Waals surface area contributed by atoms with Crippen LogP contribution < -0.4 is 0 Å². The maximum atomic E-state index is 12.6. The molecule has 0 aliphatic rings. The van der Waals surface area contributed by atoms with E-state index < -0.39 is 16.0 Å². The fourth-order valence-corrected chi connectivity index (χ4v) is 4.55. The Labute approximate surface area is 157 Å². The topological polar surface area (TPSA) is 80.8 Å². The van der Waals surface area contributed by atoms with Crippen LogP contribution in [0.1, 0.15) is 39.4 Å². The standard InChI is InChI=1S/C18H21NO5S2/c1-4-19(5-2)26(22,23)14-9-8-13(3)15(11-14)18(21)24-12-16(20)17-7-6-10-25-17/h6-11H,4-5,12H2,1-3H3. The number of hydrogen-bond acceptors (Lipinski definition) is 6. The van der Waals surface area contributed by atoms with Crippen molar-refractivity contribution in [3.63, 3.8) is 0 Å². The van der Waals surface area contributed by atoms with Gasteiger partial charge in [0.05, 0.1) is 15.3 Å². The summed E-state index contributed by atoms with van der Waals surface area (Å²) in [6.07, 6.45) is 0. The minimum absolute atomic E-state index is 0.0309. The number of ether oxygens (including phenoxy) is 1. The molecule has 1 aromatic carbocycles. The van der Waals surface area contributed by atoms with Gasteiger partial charge in [-0.2, -0.15) is 4.31 Å². The summed E-state index contributed by atoms with van der Waals surface area (Å²) in [4.78, 5) is 24.8. The molecular weight excluding hydrogens is 374 g/mol. The predicted octanol–water partition coefficient (Wildman–Crippen LogP) is 3.13. The molecule has 0 saturated heterocycles. The number of rotatable bonds is 8. The first kappa shape index (κ1) is 20.3. The summed E-state index contributed by atoms with van der Waals surface area (Å²) in [5, 5.41) is 1.76. The van der Waals surface area contributed by atoms with Crippen LogP contribution in [0.3, 0.4) is 0 Å². The number of aryl methyl sites for hydroxylation is 1. The molecule has 0 amide bonds. The van der Waals surface area contributed by atoms with E-state index in [2.05, 4.69) is 0 Å². The second kappa shape index (κ2) is 8.57. The van der Waals surface area contributed by atoms with Crippen molar-refractivity contribution in [2.45, 2.75) is 25.7 Å². The highest BCUT2D eigenvalue weighted by Crippen LogP contribution is 2.20. The molecule has 0 aliphatic heterocycles. The van der Waals surface area contributed by atoms with Gasteiger partial charge in [0.25, 0.3) is 0 Å². The molecule has 2 rings (SSSR count). The van der Waals surface area contributed by atoms with Gasteiger partial charge in [0.15, 0.2) is 6.61 Å². The molecule has 6 nitrogen and oxygen atoms in total. The maximum Gasteiger partial charge on any atom is 0.338 e. The van der Waals surface area contributed by atoms with Crippen molar-refractivity contribution >= 4 is 33.1 Å². The van der Waals surface area contributed by atoms with Gasteiger partial charge in [-0.1, -0.05) is 26.0 Å². The number of Topliss-reactive ketones (excluding diaryl/α,β-unsaturated/α-hetero) is 1. The van der Waals surface area contributed by atoms with E-state index in [-0.39, 0.29) is 22.8 Å². The molecule has 0 unspecified atom stereocenters. The summed E-state index contributed by atoms with van der Waals surface area (Å²) >= 11 is 1.27. The minimum Gasteiger partial charge on any atom is -0.454 e. The average molecular weight is 396 g/mol. The van der Waals surface area contributed by atoms with Gasteiger partial charge in [0, 0.05) is 13.1 Å². The summed E-state index contributed by atoms with van der Waals surface area (Å²) < 4.78 is 31.6. The summed E-state index contributed by atoms with van der Waals surface area (Å²) in [6.45, 7) is 5.47. The highest BCUT2D eigenvalue weighted by Gasteiger charge is 2.24. The minimum atomic E-state index is -3.68. The fraction of sp³-hybridized carbons (Fsp3) is 0.333. The smallest absolute Gasteiger partial charge is 0.338 e. The van der Waals surface area contributed by atoms with Gasteiger partial charge in [-0.05, 0) is 36.1 Å². The van der Waals surface area contributed by atoms with E-state index in [0.717, 1.165) is 0 Å². The highest BCUT2D eigenvalue weighted by molar-refractivity contribution is 7.89. The monoisotopic (exact) mass is 395 g/mol. The molecule has 0 atom stereocenters. The number of hydrogen-bond donors (Lipinski definition) is 0. The van der Waals surface area contributed by atoms with Crippen molar-refractivity contribution in [3.8, 4) is 0 Å². The normalized spacial score (nSPS) is 11.5. The first-order valence-corrected chi connectivity index (χ1v) is 10.5. The molecule has 0 spiro atoms. The van der Waals surface area contributed by atoms with E-state index in [1.165, 1.54) is 27.8 Å². The Bertz CT molecular complexity index is 884. The lowest BCUT2D eigenvalue weighted by atomic mass is 10.1. The zero-order chi connectivity index (χ0) is 19.3. The van der Waals surface area contributed by atoms with Gasteiger partial charge in [0.1, 0.15) is 0 Å². The van der Waals surface area contributed by atoms with Gasteiger partial charge in [0.2, 0.25) is 15.8 Å². The lowest BCUT2D eigenvalue weighted by Gasteiger charge is -2.19. The molecule has 0 bridgehead atoms. The molecule has 8 heteroatoms. The SMILES string of the molecule is CCN(CC)S(=O)(=O)c1ccc(C)c(C(=O)OCC(=O)c2cccs2)c1. The van der Waals surface area contributed by atoms with E-state index in [1.807, 2.05) is 0 Å². The van der Waals surface area contributed by atoms with Gasteiger partial charge in [-0.15, -0.1) is 11.3 Å². The van der Waals surface area contributed by atoms with Crippen LogP contribution in [-0.2, 0) is 14.8 Å². The summed E-state index contributed by atoms with van der Waals surface area (Å²) in [7, 11) is -3.68. The van der Waals surface area contributed by atoms with Crippen LogP contribution in [-0.4, -0.2) is 44.2 Å². The van der Waals surface area contributed by atoms with Crippen LogP contribution in [0.15, 0.2) is 40.6 Å². The Balaban J connectivity index is 2.21. The first-order chi connectivity index (χ1) is 12.3. The Kier molecular flexibility index (Phi) is 6.69. The number of thiophene rings is 1. The lowest BCUT2D eigenvalue weighted by molar-refractivity contribution is 0.0475. The van der Waals surface area contributed by atoms with Crippen LogP contribution in [0.5, 0.6) is 0 Å². The lowest BCUT2D eigenvalue weighted by Crippen LogP contribution is -2.30. The van der Waals surface area contributed by atoms with Gasteiger partial charge < -0.3 is 4.74 Å². The molecule has 0 fully saturated rings. The maximum absolute atomic E-state index is 12.6. The number of carbonyl (C=O) groups excluding carboxylic acids is 2. The third-order valence-electron chi connectivity index (χ3n) is 3.90. The summed E-state index contributed by atoms with van der Waals surface area (Å²) in [6, 6.07) is 7.74. The van der Waals surface area contributed by atoms with Crippen LogP contribution in [0.2, 0.25) is 0 Å². The van der Waals surface area contributed by atoms with Crippen LogP contribution in [0, 0.1) is 6.92 Å². The van der Waals surface area contributed by atoms with Crippen molar-refractivity contribution in [1.29, 1.82) is 0 Å². The number of nitrogens with zero attached hydrogens (tertiary/aromatic N) is 1. The number of sulfonamides is 1. The molecule has 0 N–H and O–H groups in total. The Morgan fingerprint density at radius 3 is 2.42 bits per heavy atom. The quantitative estimate of drug-likeness (QED) is 0.507. The van der Waals surface area contributed by atoms with Crippen molar-refractivity contribution < 1.29 is 22.7 Å². The molecule has 1 heterocycles. The Morgan fingerprint density at radius 1 is 1.15 bits per heavy atom.